The number of ether oxygens (including phenoxy) is 1. The lowest BCUT2D eigenvalue weighted by Gasteiger charge is -2.08. The van der Waals surface area contributed by atoms with Crippen LogP contribution in [0.15, 0.2) is 42.5 Å². The fourth-order valence-electron chi connectivity index (χ4n) is 2.35. The van der Waals surface area contributed by atoms with Gasteiger partial charge in [0, 0.05) is 18.2 Å². The molecule has 1 N–H and O–H groups in total. The molecule has 1 aliphatic carbocycles. The molecule has 1 unspecified atom stereocenters. The number of amides is 1. The average Bonchev–Trinajstić information content (AvgIpc) is 2.99. The Morgan fingerprint density at radius 3 is 2.73 bits per heavy atom. The van der Waals surface area contributed by atoms with Crippen LogP contribution in [0.1, 0.15) is 31.7 Å². The van der Waals surface area contributed by atoms with E-state index in [4.69, 9.17) is 4.74 Å². The van der Waals surface area contributed by atoms with Gasteiger partial charge in [0.2, 0.25) is 5.91 Å². The molecule has 0 aromatic heterocycles. The standard InChI is InChI=1S/C18H21NO3/c1-2-22-18(21)12-9-14-7-10-16(11-8-14)19-17(20)13-15-5-3-4-6-15/h3,5,7-12,15H,2,4,6,13H2,1H3,(H,19,20). The van der Waals surface area contributed by atoms with Gasteiger partial charge in [0.05, 0.1) is 6.61 Å². The highest BCUT2D eigenvalue weighted by Crippen LogP contribution is 2.21. The van der Waals surface area contributed by atoms with E-state index >= 15 is 0 Å². The number of carbonyl (C=O) groups excluding carboxylic acids is 2. The van der Waals surface area contributed by atoms with E-state index in [1.54, 1.807) is 13.0 Å². The second-order valence-electron chi connectivity index (χ2n) is 5.23. The van der Waals surface area contributed by atoms with E-state index in [9.17, 15) is 9.59 Å². The van der Waals surface area contributed by atoms with E-state index in [0.717, 1.165) is 24.1 Å². The van der Waals surface area contributed by atoms with Gasteiger partial charge < -0.3 is 10.1 Å². The Balaban J connectivity index is 1.84. The van der Waals surface area contributed by atoms with Gasteiger partial charge in [0.1, 0.15) is 0 Å². The van der Waals surface area contributed by atoms with E-state index in [-0.39, 0.29) is 11.9 Å². The van der Waals surface area contributed by atoms with Crippen LogP contribution in [0.25, 0.3) is 6.08 Å². The molecule has 0 spiro atoms. The molecule has 2 rings (SSSR count). The van der Waals surface area contributed by atoms with Gasteiger partial charge in [-0.05, 0) is 49.5 Å². The molecule has 0 bridgehead atoms. The van der Waals surface area contributed by atoms with Gasteiger partial charge in [-0.15, -0.1) is 0 Å². The zero-order valence-corrected chi connectivity index (χ0v) is 12.7. The number of allylic oxidation sites excluding steroid dienone is 2. The highest BCUT2D eigenvalue weighted by molar-refractivity contribution is 5.91. The third-order valence-electron chi connectivity index (χ3n) is 3.45. The van der Waals surface area contributed by atoms with Gasteiger partial charge in [-0.25, -0.2) is 4.79 Å². The van der Waals surface area contributed by atoms with Crippen molar-refractivity contribution in [2.75, 3.05) is 11.9 Å². The van der Waals surface area contributed by atoms with Crippen molar-refractivity contribution >= 4 is 23.6 Å². The summed E-state index contributed by atoms with van der Waals surface area (Å²) in [7, 11) is 0. The average molecular weight is 299 g/mol. The second kappa shape index (κ2) is 8.17. The molecule has 0 fully saturated rings. The largest absolute Gasteiger partial charge is 0.463 e. The van der Waals surface area contributed by atoms with Crippen LogP contribution >= 0.6 is 0 Å². The summed E-state index contributed by atoms with van der Waals surface area (Å²) in [5.41, 5.74) is 1.64. The first kappa shape index (κ1) is 16.0. The van der Waals surface area contributed by atoms with Crippen LogP contribution in [0.3, 0.4) is 0 Å². The summed E-state index contributed by atoms with van der Waals surface area (Å²) in [6, 6.07) is 7.35. The Hall–Kier alpha value is -2.36. The number of benzene rings is 1. The van der Waals surface area contributed by atoms with Crippen molar-refractivity contribution in [1.29, 1.82) is 0 Å². The monoisotopic (exact) mass is 299 g/mol. The molecular weight excluding hydrogens is 278 g/mol. The quantitative estimate of drug-likeness (QED) is 0.496. The minimum atomic E-state index is -0.357. The first-order valence-electron chi connectivity index (χ1n) is 7.59. The van der Waals surface area contributed by atoms with E-state index in [2.05, 4.69) is 17.5 Å². The van der Waals surface area contributed by atoms with Gasteiger partial charge in [-0.2, -0.15) is 0 Å². The smallest absolute Gasteiger partial charge is 0.330 e. The van der Waals surface area contributed by atoms with Crippen LogP contribution in [-0.4, -0.2) is 18.5 Å². The summed E-state index contributed by atoms with van der Waals surface area (Å²) >= 11 is 0. The Kier molecular flexibility index (Phi) is 5.95. The van der Waals surface area contributed by atoms with E-state index < -0.39 is 0 Å². The maximum atomic E-state index is 11.9. The SMILES string of the molecule is CCOC(=O)C=Cc1ccc(NC(=O)CC2C=CCC2)cc1. The molecule has 116 valence electrons. The second-order valence-corrected chi connectivity index (χ2v) is 5.23. The Morgan fingerprint density at radius 1 is 1.32 bits per heavy atom. The van der Waals surface area contributed by atoms with Crippen LogP contribution < -0.4 is 5.32 Å². The lowest BCUT2D eigenvalue weighted by Crippen LogP contribution is -2.14. The van der Waals surface area contributed by atoms with Crippen LogP contribution in [0.2, 0.25) is 0 Å². The molecule has 1 amide bonds. The van der Waals surface area contributed by atoms with E-state index in [1.165, 1.54) is 6.08 Å². The maximum Gasteiger partial charge on any atom is 0.330 e. The van der Waals surface area contributed by atoms with Crippen LogP contribution in [0.4, 0.5) is 5.69 Å². The summed E-state index contributed by atoms with van der Waals surface area (Å²) in [6.07, 6.45) is 9.98. The minimum Gasteiger partial charge on any atom is -0.463 e. The molecule has 0 saturated carbocycles. The van der Waals surface area contributed by atoms with Crippen molar-refractivity contribution in [2.45, 2.75) is 26.2 Å². The topological polar surface area (TPSA) is 55.4 Å². The van der Waals surface area contributed by atoms with Crippen LogP contribution in [0, 0.1) is 5.92 Å². The third kappa shape index (κ3) is 5.20. The van der Waals surface area contributed by atoms with Crippen molar-refractivity contribution in [2.24, 2.45) is 5.92 Å². The molecule has 0 aliphatic heterocycles. The number of esters is 1. The first-order chi connectivity index (χ1) is 10.7. The summed E-state index contributed by atoms with van der Waals surface area (Å²) in [5, 5.41) is 2.89. The van der Waals surface area contributed by atoms with Gasteiger partial charge in [0.15, 0.2) is 0 Å². The third-order valence-corrected chi connectivity index (χ3v) is 3.45. The number of carbonyl (C=O) groups is 2. The normalized spacial score (nSPS) is 16.9. The number of hydrogen-bond acceptors (Lipinski definition) is 3. The number of anilines is 1. The van der Waals surface area contributed by atoms with Crippen molar-refractivity contribution in [3.63, 3.8) is 0 Å². The van der Waals surface area contributed by atoms with Gasteiger partial charge >= 0.3 is 5.97 Å². The van der Waals surface area contributed by atoms with E-state index in [0.29, 0.717) is 18.9 Å². The molecule has 0 radical (unpaired) electrons. The van der Waals surface area contributed by atoms with Gasteiger partial charge in [-0.1, -0.05) is 24.3 Å². The van der Waals surface area contributed by atoms with Crippen molar-refractivity contribution in [1.82, 2.24) is 0 Å². The Morgan fingerprint density at radius 2 is 2.09 bits per heavy atom. The van der Waals surface area contributed by atoms with E-state index in [1.807, 2.05) is 24.3 Å². The summed E-state index contributed by atoms with van der Waals surface area (Å²) in [4.78, 5) is 23.1. The Labute approximate surface area is 130 Å². The predicted octanol–water partition coefficient (Wildman–Crippen LogP) is 3.56. The number of nitrogens with one attached hydrogen (secondary N) is 1. The van der Waals surface area contributed by atoms with Gasteiger partial charge in [0.25, 0.3) is 0 Å². The first-order valence-corrected chi connectivity index (χ1v) is 7.59. The molecule has 4 nitrogen and oxygen atoms in total. The molecule has 22 heavy (non-hydrogen) atoms. The molecule has 0 saturated heterocycles. The molecule has 4 heteroatoms. The zero-order chi connectivity index (χ0) is 15.8. The van der Waals surface area contributed by atoms with Crippen molar-refractivity contribution < 1.29 is 14.3 Å². The van der Waals surface area contributed by atoms with Gasteiger partial charge in [-0.3, -0.25) is 4.79 Å². The minimum absolute atomic E-state index is 0.0337. The predicted molar refractivity (Wildman–Crippen MR) is 87.2 cm³/mol. The lowest BCUT2D eigenvalue weighted by atomic mass is 10.0. The fraction of sp³-hybridized carbons (Fsp3) is 0.333. The molecule has 1 aliphatic rings. The molecular formula is C18H21NO3. The number of hydrogen-bond donors (Lipinski definition) is 1. The maximum absolute atomic E-state index is 11.9. The molecule has 1 atom stereocenters. The Bertz CT molecular complexity index is 572. The van der Waals surface area contributed by atoms with Crippen molar-refractivity contribution in [3.8, 4) is 0 Å². The highest BCUT2D eigenvalue weighted by Gasteiger charge is 2.13. The van der Waals surface area contributed by atoms with Crippen LogP contribution in [0.5, 0.6) is 0 Å². The van der Waals surface area contributed by atoms with Crippen molar-refractivity contribution in [3.05, 3.63) is 48.1 Å². The summed E-state index contributed by atoms with van der Waals surface area (Å²) in [6.45, 7) is 2.13. The van der Waals surface area contributed by atoms with Crippen LogP contribution in [-0.2, 0) is 14.3 Å². The zero-order valence-electron chi connectivity index (χ0n) is 12.7. The highest BCUT2D eigenvalue weighted by atomic mass is 16.5. The number of rotatable bonds is 6. The molecule has 1 aromatic carbocycles. The molecule has 0 heterocycles. The fourth-order valence-corrected chi connectivity index (χ4v) is 2.35. The molecule has 1 aromatic rings. The lowest BCUT2D eigenvalue weighted by molar-refractivity contribution is -0.137. The summed E-state index contributed by atoms with van der Waals surface area (Å²) in [5.74, 6) is 0.0441. The summed E-state index contributed by atoms with van der Waals surface area (Å²) < 4.78 is 4.81.